The second-order valence-corrected chi connectivity index (χ2v) is 14.3. The molecule has 0 saturated heterocycles. The molecule has 0 N–H and O–H groups in total. The van der Waals surface area contributed by atoms with E-state index in [9.17, 15) is 0 Å². The molecule has 0 unspecified atom stereocenters. The molecule has 0 saturated carbocycles. The first-order chi connectivity index (χ1) is 28.2. The Morgan fingerprint density at radius 3 is 1.35 bits per heavy atom. The summed E-state index contributed by atoms with van der Waals surface area (Å²) in [7, 11) is 0. The van der Waals surface area contributed by atoms with Crippen molar-refractivity contribution in [2.24, 2.45) is 0 Å². The van der Waals surface area contributed by atoms with Crippen LogP contribution >= 0.6 is 0 Å². The standard InChI is InChI=1S/C53H38N4/c1-2-36-22-32-47-46-20-12-13-21-48(46)57(49(47)34-36)50-35-44(31-33-45(50)41-18-10-5-11-19-41)53-55-51(42-27-23-39(24-28-42)37-14-6-3-7-15-37)54-52(56-53)43-29-25-40(26-30-43)38-16-8-4-9-17-38/h3-35H,2H2,1H3. The Hall–Kier alpha value is -7.43. The fraction of sp³-hybridized carbons (Fsp3) is 0.0377. The summed E-state index contributed by atoms with van der Waals surface area (Å²) in [4.78, 5) is 15.5. The molecule has 0 spiro atoms. The van der Waals surface area contributed by atoms with Gasteiger partial charge in [0.1, 0.15) is 0 Å². The molecular weight excluding hydrogens is 693 g/mol. The predicted octanol–water partition coefficient (Wildman–Crippen LogP) is 13.5. The molecule has 10 aromatic rings. The van der Waals surface area contributed by atoms with E-state index in [2.05, 4.69) is 200 Å². The molecule has 57 heavy (non-hydrogen) atoms. The van der Waals surface area contributed by atoms with Gasteiger partial charge in [-0.3, -0.25) is 0 Å². The van der Waals surface area contributed by atoms with Crippen molar-refractivity contribution in [3.8, 4) is 73.2 Å². The van der Waals surface area contributed by atoms with Crippen LogP contribution in [-0.2, 0) is 6.42 Å². The summed E-state index contributed by atoms with van der Waals surface area (Å²) in [5, 5.41) is 2.46. The lowest BCUT2D eigenvalue weighted by Crippen LogP contribution is -2.02. The van der Waals surface area contributed by atoms with Crippen LogP contribution in [0.15, 0.2) is 200 Å². The van der Waals surface area contributed by atoms with E-state index in [0.717, 1.165) is 56.6 Å². The third-order valence-corrected chi connectivity index (χ3v) is 10.9. The largest absolute Gasteiger partial charge is 0.309 e. The van der Waals surface area contributed by atoms with Crippen LogP contribution in [0.4, 0.5) is 0 Å². The number of benzene rings is 8. The fourth-order valence-electron chi connectivity index (χ4n) is 7.86. The number of aromatic nitrogens is 4. The SMILES string of the molecule is CCc1ccc2c3ccccc3n(-c3cc(-c4nc(-c5ccc(-c6ccccc6)cc5)nc(-c5ccc(-c6ccccc6)cc5)n4)ccc3-c3ccccc3)c2c1. The molecule has 0 aliphatic carbocycles. The van der Waals surface area contributed by atoms with Gasteiger partial charge in [0.25, 0.3) is 0 Å². The van der Waals surface area contributed by atoms with Crippen molar-refractivity contribution in [2.45, 2.75) is 13.3 Å². The summed E-state index contributed by atoms with van der Waals surface area (Å²) in [6.45, 7) is 2.21. The average Bonchev–Trinajstić information content (AvgIpc) is 3.63. The summed E-state index contributed by atoms with van der Waals surface area (Å²) in [6, 6.07) is 70.7. The van der Waals surface area contributed by atoms with E-state index < -0.39 is 0 Å². The van der Waals surface area contributed by atoms with Crippen molar-refractivity contribution in [2.75, 3.05) is 0 Å². The van der Waals surface area contributed by atoms with Gasteiger partial charge in [-0.15, -0.1) is 0 Å². The summed E-state index contributed by atoms with van der Waals surface area (Å²) in [5.74, 6) is 1.87. The second-order valence-electron chi connectivity index (χ2n) is 14.3. The zero-order valence-electron chi connectivity index (χ0n) is 31.5. The van der Waals surface area contributed by atoms with E-state index in [1.807, 2.05) is 12.1 Å². The zero-order valence-corrected chi connectivity index (χ0v) is 31.5. The van der Waals surface area contributed by atoms with Crippen molar-refractivity contribution in [3.05, 3.63) is 206 Å². The number of nitrogens with zero attached hydrogens (tertiary/aromatic N) is 4. The van der Waals surface area contributed by atoms with Crippen LogP contribution in [0.25, 0.3) is 95.0 Å². The van der Waals surface area contributed by atoms with Crippen molar-refractivity contribution < 1.29 is 0 Å². The van der Waals surface area contributed by atoms with Crippen molar-refractivity contribution in [1.82, 2.24) is 19.5 Å². The zero-order chi connectivity index (χ0) is 38.1. The molecule has 4 heteroatoms. The molecule has 0 fully saturated rings. The smallest absolute Gasteiger partial charge is 0.164 e. The number of fused-ring (bicyclic) bond motifs is 3. The highest BCUT2D eigenvalue weighted by Crippen LogP contribution is 2.39. The molecule has 0 radical (unpaired) electrons. The molecule has 10 rings (SSSR count). The van der Waals surface area contributed by atoms with Crippen molar-refractivity contribution in [1.29, 1.82) is 0 Å². The van der Waals surface area contributed by atoms with Crippen LogP contribution in [0.5, 0.6) is 0 Å². The van der Waals surface area contributed by atoms with E-state index in [1.54, 1.807) is 0 Å². The number of rotatable bonds is 8. The topological polar surface area (TPSA) is 43.6 Å². The highest BCUT2D eigenvalue weighted by atomic mass is 15.0. The minimum absolute atomic E-state index is 0.616. The van der Waals surface area contributed by atoms with Crippen LogP contribution < -0.4 is 0 Å². The first-order valence-corrected chi connectivity index (χ1v) is 19.5. The lowest BCUT2D eigenvalue weighted by molar-refractivity contribution is 1.07. The Balaban J connectivity index is 1.17. The summed E-state index contributed by atoms with van der Waals surface area (Å²) >= 11 is 0. The monoisotopic (exact) mass is 730 g/mol. The van der Waals surface area contributed by atoms with E-state index in [0.29, 0.717) is 17.5 Å². The molecular formula is C53H38N4. The molecule has 0 amide bonds. The van der Waals surface area contributed by atoms with Gasteiger partial charge in [-0.1, -0.05) is 189 Å². The number of hydrogen-bond donors (Lipinski definition) is 0. The minimum Gasteiger partial charge on any atom is -0.309 e. The van der Waals surface area contributed by atoms with Crippen LogP contribution in [0.2, 0.25) is 0 Å². The third-order valence-electron chi connectivity index (χ3n) is 10.9. The van der Waals surface area contributed by atoms with E-state index in [4.69, 9.17) is 15.0 Å². The van der Waals surface area contributed by atoms with Gasteiger partial charge in [0.05, 0.1) is 16.7 Å². The highest BCUT2D eigenvalue weighted by Gasteiger charge is 2.19. The first kappa shape index (κ1) is 34.1. The van der Waals surface area contributed by atoms with Crippen LogP contribution in [-0.4, -0.2) is 19.5 Å². The lowest BCUT2D eigenvalue weighted by Gasteiger charge is -2.16. The number of para-hydroxylation sites is 1. The molecule has 0 bridgehead atoms. The molecule has 2 aromatic heterocycles. The quantitative estimate of drug-likeness (QED) is 0.156. The van der Waals surface area contributed by atoms with Gasteiger partial charge in [0.2, 0.25) is 0 Å². The van der Waals surface area contributed by atoms with Crippen molar-refractivity contribution in [3.63, 3.8) is 0 Å². The molecule has 0 atom stereocenters. The van der Waals surface area contributed by atoms with Gasteiger partial charge in [-0.05, 0) is 58.0 Å². The predicted molar refractivity (Wildman–Crippen MR) is 236 cm³/mol. The minimum atomic E-state index is 0.616. The Bertz CT molecular complexity index is 2900. The molecule has 0 aliphatic heterocycles. The lowest BCUT2D eigenvalue weighted by atomic mass is 10.00. The second kappa shape index (κ2) is 14.7. The van der Waals surface area contributed by atoms with Gasteiger partial charge in [0, 0.05) is 33.0 Å². The molecule has 8 aromatic carbocycles. The van der Waals surface area contributed by atoms with Crippen molar-refractivity contribution >= 4 is 21.8 Å². The normalized spacial score (nSPS) is 11.3. The Kier molecular flexibility index (Phi) is 8.77. The van der Waals surface area contributed by atoms with Crippen LogP contribution in [0, 0.1) is 0 Å². The molecule has 2 heterocycles. The van der Waals surface area contributed by atoms with E-state index >= 15 is 0 Å². The Morgan fingerprint density at radius 2 is 0.789 bits per heavy atom. The van der Waals surface area contributed by atoms with Gasteiger partial charge in [-0.25, -0.2) is 15.0 Å². The van der Waals surface area contributed by atoms with Gasteiger partial charge >= 0.3 is 0 Å². The summed E-state index contributed by atoms with van der Waals surface area (Å²) < 4.78 is 2.42. The maximum atomic E-state index is 5.21. The fourth-order valence-corrected chi connectivity index (χ4v) is 7.86. The first-order valence-electron chi connectivity index (χ1n) is 19.5. The van der Waals surface area contributed by atoms with Gasteiger partial charge < -0.3 is 4.57 Å². The number of hydrogen-bond acceptors (Lipinski definition) is 3. The van der Waals surface area contributed by atoms with Crippen LogP contribution in [0.1, 0.15) is 12.5 Å². The van der Waals surface area contributed by atoms with E-state index in [1.165, 1.54) is 33.0 Å². The third kappa shape index (κ3) is 6.47. The summed E-state index contributed by atoms with van der Waals surface area (Å²) in [5.41, 5.74) is 14.4. The van der Waals surface area contributed by atoms with Crippen LogP contribution in [0.3, 0.4) is 0 Å². The Morgan fingerprint density at radius 1 is 0.351 bits per heavy atom. The maximum Gasteiger partial charge on any atom is 0.164 e. The maximum absolute atomic E-state index is 5.21. The summed E-state index contributed by atoms with van der Waals surface area (Å²) in [6.07, 6.45) is 0.956. The number of aryl methyl sites for hydroxylation is 1. The molecule has 4 nitrogen and oxygen atoms in total. The molecule has 270 valence electrons. The van der Waals surface area contributed by atoms with Gasteiger partial charge in [-0.2, -0.15) is 0 Å². The average molecular weight is 731 g/mol. The Labute approximate surface area is 332 Å². The molecule has 0 aliphatic rings. The van der Waals surface area contributed by atoms with E-state index in [-0.39, 0.29) is 0 Å². The highest BCUT2D eigenvalue weighted by molar-refractivity contribution is 6.10. The van der Waals surface area contributed by atoms with Gasteiger partial charge in [0.15, 0.2) is 17.5 Å².